The summed E-state index contributed by atoms with van der Waals surface area (Å²) in [6.45, 7) is 10.6. The third-order valence-corrected chi connectivity index (χ3v) is 5.01. The van der Waals surface area contributed by atoms with E-state index in [0.29, 0.717) is 13.1 Å². The summed E-state index contributed by atoms with van der Waals surface area (Å²) in [5.74, 6) is 0.627. The lowest BCUT2D eigenvalue weighted by molar-refractivity contribution is -0.148. The number of carbonyl (C=O) groups is 2. The van der Waals surface area contributed by atoms with Gasteiger partial charge >= 0.3 is 0 Å². The van der Waals surface area contributed by atoms with Gasteiger partial charge in [-0.15, -0.1) is 0 Å². The Kier molecular flexibility index (Phi) is 7.11. The number of nitrogens with zero attached hydrogens (tertiary/aromatic N) is 3. The molecule has 6 nitrogen and oxygen atoms in total. The molecule has 2 aromatic heterocycles. The maximum absolute atomic E-state index is 13.3. The lowest BCUT2D eigenvalue weighted by Crippen LogP contribution is -2.49. The molecule has 0 aliphatic rings. The third kappa shape index (κ3) is 5.50. The summed E-state index contributed by atoms with van der Waals surface area (Å²) < 4.78 is 7.45. The molecule has 154 valence electrons. The number of hydrogen-bond acceptors (Lipinski definition) is 3. The van der Waals surface area contributed by atoms with Crippen molar-refractivity contribution in [3.8, 4) is 0 Å². The first kappa shape index (κ1) is 21.8. The number of aromatic nitrogens is 1. The molecule has 0 aliphatic heterocycles. The van der Waals surface area contributed by atoms with Crippen molar-refractivity contribution in [3.05, 3.63) is 48.2 Å². The van der Waals surface area contributed by atoms with Gasteiger partial charge in [-0.25, -0.2) is 0 Å². The van der Waals surface area contributed by atoms with E-state index >= 15 is 0 Å². The second-order valence-electron chi connectivity index (χ2n) is 8.38. The van der Waals surface area contributed by atoms with Gasteiger partial charge in [-0.3, -0.25) is 9.59 Å². The van der Waals surface area contributed by atoms with Crippen LogP contribution in [0, 0.1) is 5.41 Å². The Morgan fingerprint density at radius 2 is 1.89 bits per heavy atom. The van der Waals surface area contributed by atoms with Gasteiger partial charge in [-0.1, -0.05) is 27.7 Å². The van der Waals surface area contributed by atoms with E-state index in [-0.39, 0.29) is 24.4 Å². The minimum Gasteiger partial charge on any atom is -0.467 e. The highest BCUT2D eigenvalue weighted by molar-refractivity contribution is 5.87. The Morgan fingerprint density at radius 3 is 2.39 bits per heavy atom. The molecule has 0 fully saturated rings. The molecule has 28 heavy (non-hydrogen) atoms. The summed E-state index contributed by atoms with van der Waals surface area (Å²) in [7, 11) is 1.96. The first-order chi connectivity index (χ1) is 13.1. The van der Waals surface area contributed by atoms with Crippen molar-refractivity contribution in [1.82, 2.24) is 14.4 Å². The number of aryl methyl sites for hydroxylation is 1. The summed E-state index contributed by atoms with van der Waals surface area (Å²) in [5, 5.41) is 0. The van der Waals surface area contributed by atoms with Crippen LogP contribution in [0.15, 0.2) is 41.1 Å². The fraction of sp³-hybridized carbons (Fsp3) is 0.545. The number of rotatable bonds is 8. The monoisotopic (exact) mass is 387 g/mol. The van der Waals surface area contributed by atoms with Crippen LogP contribution in [0.3, 0.4) is 0 Å². The summed E-state index contributed by atoms with van der Waals surface area (Å²) >= 11 is 0. The Labute approximate surface area is 168 Å². The van der Waals surface area contributed by atoms with E-state index in [9.17, 15) is 9.59 Å². The average Bonchev–Trinajstić information content (AvgIpc) is 3.29. The lowest BCUT2D eigenvalue weighted by Gasteiger charge is -2.35. The maximum atomic E-state index is 13.3. The van der Waals surface area contributed by atoms with Crippen LogP contribution in [0.4, 0.5) is 0 Å². The lowest BCUT2D eigenvalue weighted by atomic mass is 9.93. The molecule has 0 radical (unpaired) electrons. The van der Waals surface area contributed by atoms with Gasteiger partial charge < -0.3 is 18.8 Å². The van der Waals surface area contributed by atoms with E-state index in [1.807, 2.05) is 76.7 Å². The van der Waals surface area contributed by atoms with E-state index in [1.54, 1.807) is 16.1 Å². The molecule has 2 heterocycles. The summed E-state index contributed by atoms with van der Waals surface area (Å²) in [5.41, 5.74) is 0.491. The molecule has 0 spiro atoms. The second kappa shape index (κ2) is 9.13. The first-order valence-corrected chi connectivity index (χ1v) is 9.85. The molecule has 0 aromatic carbocycles. The molecule has 1 atom stereocenters. The zero-order chi connectivity index (χ0) is 20.9. The molecule has 0 bridgehead atoms. The Hall–Kier alpha value is -2.50. The minimum atomic E-state index is -0.534. The van der Waals surface area contributed by atoms with Crippen LogP contribution in [-0.4, -0.2) is 38.8 Å². The summed E-state index contributed by atoms with van der Waals surface area (Å²) in [6.07, 6.45) is 4.36. The van der Waals surface area contributed by atoms with Crippen molar-refractivity contribution in [2.24, 2.45) is 12.5 Å². The van der Waals surface area contributed by atoms with Crippen molar-refractivity contribution in [2.75, 3.05) is 6.54 Å². The van der Waals surface area contributed by atoms with Crippen LogP contribution in [0.25, 0.3) is 0 Å². The molecular formula is C22H33N3O3. The minimum absolute atomic E-state index is 0.00354. The van der Waals surface area contributed by atoms with Gasteiger partial charge in [0.05, 0.1) is 19.4 Å². The van der Waals surface area contributed by atoms with Gasteiger partial charge in [0.1, 0.15) is 12.3 Å². The fourth-order valence-corrected chi connectivity index (χ4v) is 3.00. The normalized spacial score (nSPS) is 12.6. The van der Waals surface area contributed by atoms with Crippen molar-refractivity contribution < 1.29 is 14.0 Å². The molecule has 0 unspecified atom stereocenters. The molecular weight excluding hydrogens is 354 g/mol. The van der Waals surface area contributed by atoms with Crippen LogP contribution >= 0.6 is 0 Å². The zero-order valence-electron chi connectivity index (χ0n) is 17.9. The van der Waals surface area contributed by atoms with Gasteiger partial charge in [0.2, 0.25) is 11.8 Å². The Morgan fingerprint density at radius 1 is 1.18 bits per heavy atom. The van der Waals surface area contributed by atoms with Crippen LogP contribution in [-0.2, 0) is 29.7 Å². The molecule has 0 N–H and O–H groups in total. The summed E-state index contributed by atoms with van der Waals surface area (Å²) in [4.78, 5) is 29.7. The third-order valence-electron chi connectivity index (χ3n) is 5.01. The second-order valence-corrected chi connectivity index (χ2v) is 8.38. The maximum Gasteiger partial charge on any atom is 0.242 e. The van der Waals surface area contributed by atoms with Crippen molar-refractivity contribution in [3.63, 3.8) is 0 Å². The average molecular weight is 388 g/mol. The van der Waals surface area contributed by atoms with Gasteiger partial charge in [0, 0.05) is 30.4 Å². The number of furan rings is 1. The van der Waals surface area contributed by atoms with Crippen LogP contribution in [0.2, 0.25) is 0 Å². The van der Waals surface area contributed by atoms with Gasteiger partial charge in [0.25, 0.3) is 0 Å². The Balaban J connectivity index is 2.23. The predicted molar refractivity (Wildman–Crippen MR) is 109 cm³/mol. The highest BCUT2D eigenvalue weighted by Gasteiger charge is 2.32. The predicted octanol–water partition coefficient (Wildman–Crippen LogP) is 3.82. The fourth-order valence-electron chi connectivity index (χ4n) is 3.00. The van der Waals surface area contributed by atoms with E-state index in [4.69, 9.17) is 4.42 Å². The summed E-state index contributed by atoms with van der Waals surface area (Å²) in [6, 6.07) is 7.62. The quantitative estimate of drug-likeness (QED) is 0.692. The molecule has 2 amide bonds. The molecule has 0 saturated carbocycles. The van der Waals surface area contributed by atoms with E-state index in [1.165, 1.54) is 0 Å². The van der Waals surface area contributed by atoms with Gasteiger partial charge in [0.15, 0.2) is 0 Å². The van der Waals surface area contributed by atoms with Crippen molar-refractivity contribution in [1.29, 1.82) is 0 Å². The molecule has 6 heteroatoms. The van der Waals surface area contributed by atoms with Crippen LogP contribution in [0.5, 0.6) is 0 Å². The van der Waals surface area contributed by atoms with Crippen LogP contribution in [0.1, 0.15) is 52.5 Å². The zero-order valence-corrected chi connectivity index (χ0v) is 17.9. The molecule has 0 aliphatic carbocycles. The topological polar surface area (TPSA) is 58.7 Å². The molecule has 2 aromatic rings. The molecule has 0 saturated heterocycles. The molecule has 2 rings (SSSR count). The highest BCUT2D eigenvalue weighted by Crippen LogP contribution is 2.21. The van der Waals surface area contributed by atoms with E-state index in [2.05, 4.69) is 0 Å². The standard InChI is InChI=1S/C22H33N3O3/c1-7-17(2)25(21(27)22(3,4)5)16-20(26)24(15-19-11-9-13-28-19)14-18-10-8-12-23(18)6/h8-13,17H,7,14-16H2,1-6H3/t17-/m0/s1. The SMILES string of the molecule is CC[C@H](C)N(CC(=O)N(Cc1ccco1)Cc1cccn1C)C(=O)C(C)(C)C. The number of hydrogen-bond donors (Lipinski definition) is 0. The van der Waals surface area contributed by atoms with Crippen molar-refractivity contribution >= 4 is 11.8 Å². The number of carbonyl (C=O) groups excluding carboxylic acids is 2. The smallest absolute Gasteiger partial charge is 0.242 e. The first-order valence-electron chi connectivity index (χ1n) is 9.85. The largest absolute Gasteiger partial charge is 0.467 e. The van der Waals surface area contributed by atoms with Crippen molar-refractivity contribution in [2.45, 2.75) is 60.2 Å². The Bertz CT molecular complexity index is 771. The van der Waals surface area contributed by atoms with Crippen LogP contribution < -0.4 is 0 Å². The van der Waals surface area contributed by atoms with E-state index < -0.39 is 5.41 Å². The van der Waals surface area contributed by atoms with Gasteiger partial charge in [-0.2, -0.15) is 0 Å². The van der Waals surface area contributed by atoms with Gasteiger partial charge in [-0.05, 0) is 37.6 Å². The number of amides is 2. The van der Waals surface area contributed by atoms with E-state index in [0.717, 1.165) is 17.9 Å². The highest BCUT2D eigenvalue weighted by atomic mass is 16.3.